The number of hydrogen-bond acceptors (Lipinski definition) is 3. The van der Waals surface area contributed by atoms with E-state index in [0.29, 0.717) is 0 Å². The molecule has 1 aromatic carbocycles. The second-order valence-corrected chi connectivity index (χ2v) is 5.08. The van der Waals surface area contributed by atoms with Gasteiger partial charge in [0.15, 0.2) is 0 Å². The van der Waals surface area contributed by atoms with Crippen LogP contribution in [0, 0.1) is 0 Å². The Bertz CT molecular complexity index is 764. The Morgan fingerprint density at radius 1 is 1.33 bits per heavy atom. The molecule has 1 amide bonds. The van der Waals surface area contributed by atoms with Crippen LogP contribution in [-0.4, -0.2) is 17.6 Å². The van der Waals surface area contributed by atoms with Gasteiger partial charge in [-0.3, -0.25) is 9.59 Å². The number of carbonyl (C=O) groups excluding carboxylic acids is 1. The molecule has 1 heterocycles. The lowest BCUT2D eigenvalue weighted by Crippen LogP contribution is -2.31. The van der Waals surface area contributed by atoms with Crippen LogP contribution in [0.3, 0.4) is 0 Å². The van der Waals surface area contributed by atoms with Gasteiger partial charge in [-0.25, -0.2) is 0 Å². The first-order valence-electron chi connectivity index (χ1n) is 6.80. The van der Waals surface area contributed by atoms with Gasteiger partial charge < -0.3 is 15.0 Å². The molecule has 0 saturated heterocycles. The van der Waals surface area contributed by atoms with Gasteiger partial charge in [0.05, 0.1) is 13.2 Å². The number of aromatic nitrogens is 1. The van der Waals surface area contributed by atoms with E-state index >= 15 is 0 Å². The average Bonchev–Trinajstić information content (AvgIpc) is 2.91. The lowest BCUT2D eigenvalue weighted by Gasteiger charge is -2.16. The summed E-state index contributed by atoms with van der Waals surface area (Å²) < 4.78 is 6.96. The zero-order valence-electron chi connectivity index (χ0n) is 11.7. The fourth-order valence-corrected chi connectivity index (χ4v) is 3.02. The molecule has 5 nitrogen and oxygen atoms in total. The number of ether oxygens (including phenoxy) is 1. The zero-order valence-corrected chi connectivity index (χ0v) is 11.7. The molecule has 0 radical (unpaired) electrons. The summed E-state index contributed by atoms with van der Waals surface area (Å²) in [6.07, 6.45) is 3.35. The van der Waals surface area contributed by atoms with Crippen LogP contribution in [0.1, 0.15) is 33.9 Å². The zero-order chi connectivity index (χ0) is 15.0. The molecule has 3 rings (SSSR count). The molecule has 1 aliphatic carbocycles. The van der Waals surface area contributed by atoms with E-state index in [0.717, 1.165) is 29.7 Å². The van der Waals surface area contributed by atoms with Crippen molar-refractivity contribution in [2.24, 2.45) is 5.73 Å². The Morgan fingerprint density at radius 3 is 2.86 bits per heavy atom. The number of amides is 1. The number of methoxy groups -OCH3 is 1. The molecule has 21 heavy (non-hydrogen) atoms. The van der Waals surface area contributed by atoms with Crippen molar-refractivity contribution in [1.82, 2.24) is 4.57 Å². The number of carbonyl (C=O) groups is 1. The fourth-order valence-electron chi connectivity index (χ4n) is 3.02. The van der Waals surface area contributed by atoms with E-state index in [1.54, 1.807) is 23.9 Å². The topological polar surface area (TPSA) is 74.3 Å². The van der Waals surface area contributed by atoms with Gasteiger partial charge >= 0.3 is 0 Å². The summed E-state index contributed by atoms with van der Waals surface area (Å²) in [4.78, 5) is 23.7. The lowest BCUT2D eigenvalue weighted by molar-refractivity contribution is 0.0998. The third kappa shape index (κ3) is 2.11. The Balaban J connectivity index is 2.12. The van der Waals surface area contributed by atoms with Crippen molar-refractivity contribution in [1.29, 1.82) is 0 Å². The van der Waals surface area contributed by atoms with Crippen LogP contribution in [0.15, 0.2) is 41.3 Å². The fraction of sp³-hybridized carbons (Fsp3) is 0.250. The van der Waals surface area contributed by atoms with E-state index in [1.165, 1.54) is 6.07 Å². The molecule has 1 atom stereocenters. The maximum Gasteiger partial charge on any atom is 0.263 e. The van der Waals surface area contributed by atoms with Gasteiger partial charge in [-0.15, -0.1) is 0 Å². The van der Waals surface area contributed by atoms with E-state index in [-0.39, 0.29) is 17.2 Å². The number of pyridine rings is 1. The maximum absolute atomic E-state index is 12.4. The first kappa shape index (κ1) is 13.4. The van der Waals surface area contributed by atoms with Crippen LogP contribution in [0.5, 0.6) is 5.75 Å². The number of nitrogens with zero attached hydrogens (tertiary/aromatic N) is 1. The number of nitrogens with two attached hydrogens (primary N) is 1. The third-order valence-corrected chi connectivity index (χ3v) is 3.99. The van der Waals surface area contributed by atoms with Gasteiger partial charge in [0.2, 0.25) is 0 Å². The van der Waals surface area contributed by atoms with Crippen molar-refractivity contribution >= 4 is 5.91 Å². The summed E-state index contributed by atoms with van der Waals surface area (Å²) in [6.45, 7) is 0. The van der Waals surface area contributed by atoms with E-state index in [9.17, 15) is 9.59 Å². The highest BCUT2D eigenvalue weighted by molar-refractivity contribution is 5.92. The summed E-state index contributed by atoms with van der Waals surface area (Å²) in [7, 11) is 1.64. The van der Waals surface area contributed by atoms with Gasteiger partial charge in [-0.2, -0.15) is 0 Å². The Morgan fingerprint density at radius 2 is 2.14 bits per heavy atom. The number of primary amides is 1. The monoisotopic (exact) mass is 284 g/mol. The minimum Gasteiger partial charge on any atom is -0.496 e. The van der Waals surface area contributed by atoms with Gasteiger partial charge in [-0.05, 0) is 42.2 Å². The summed E-state index contributed by atoms with van der Waals surface area (Å²) in [5, 5.41) is 0. The largest absolute Gasteiger partial charge is 0.496 e. The summed E-state index contributed by atoms with van der Waals surface area (Å²) in [5.41, 5.74) is 7.12. The molecule has 108 valence electrons. The molecule has 2 N–H and O–H groups in total. The molecular weight excluding hydrogens is 268 g/mol. The number of hydrogen-bond donors (Lipinski definition) is 1. The highest BCUT2D eigenvalue weighted by Gasteiger charge is 2.27. The van der Waals surface area contributed by atoms with Crippen LogP contribution in [0.25, 0.3) is 0 Å². The Labute approximate surface area is 122 Å². The molecule has 0 bridgehead atoms. The molecule has 0 fully saturated rings. The molecule has 0 saturated carbocycles. The normalized spacial score (nSPS) is 16.5. The second kappa shape index (κ2) is 5.09. The highest BCUT2D eigenvalue weighted by Crippen LogP contribution is 2.38. The molecule has 1 aliphatic rings. The molecule has 1 aromatic heterocycles. The van der Waals surface area contributed by atoms with Crippen LogP contribution in [0.4, 0.5) is 0 Å². The molecule has 1 unspecified atom stereocenters. The standard InChI is InChI=1S/C16H16N2O3/c1-21-14-6-2-4-10-11(14)7-8-13(10)18-9-3-5-12(15(17)19)16(18)20/h2-6,9,13H,7-8H2,1H3,(H2,17,19). The van der Waals surface area contributed by atoms with E-state index in [4.69, 9.17) is 10.5 Å². The molecule has 2 aromatic rings. The number of rotatable bonds is 3. The summed E-state index contributed by atoms with van der Waals surface area (Å²) in [6, 6.07) is 8.89. The van der Waals surface area contributed by atoms with Crippen molar-refractivity contribution in [2.75, 3.05) is 7.11 Å². The Kier molecular flexibility index (Phi) is 3.25. The highest BCUT2D eigenvalue weighted by atomic mass is 16.5. The lowest BCUT2D eigenvalue weighted by atomic mass is 10.1. The smallest absolute Gasteiger partial charge is 0.263 e. The number of benzene rings is 1. The average molecular weight is 284 g/mol. The van der Waals surface area contributed by atoms with Crippen LogP contribution >= 0.6 is 0 Å². The van der Waals surface area contributed by atoms with Gasteiger partial charge in [0.25, 0.3) is 11.5 Å². The minimum atomic E-state index is -0.696. The molecule has 0 spiro atoms. The quantitative estimate of drug-likeness (QED) is 0.928. The van der Waals surface area contributed by atoms with E-state index in [1.807, 2.05) is 18.2 Å². The van der Waals surface area contributed by atoms with Gasteiger partial charge in [-0.1, -0.05) is 12.1 Å². The predicted molar refractivity (Wildman–Crippen MR) is 78.7 cm³/mol. The minimum absolute atomic E-state index is 0.0221. The summed E-state index contributed by atoms with van der Waals surface area (Å²) >= 11 is 0. The SMILES string of the molecule is COc1cccc2c1CCC2n1cccc(C(N)=O)c1=O. The van der Waals surface area contributed by atoms with Crippen LogP contribution < -0.4 is 16.0 Å². The van der Waals surface area contributed by atoms with E-state index < -0.39 is 5.91 Å². The van der Waals surface area contributed by atoms with Crippen molar-refractivity contribution in [3.8, 4) is 5.75 Å². The van der Waals surface area contributed by atoms with Crippen molar-refractivity contribution in [2.45, 2.75) is 18.9 Å². The van der Waals surface area contributed by atoms with Gasteiger partial charge in [0.1, 0.15) is 11.3 Å². The van der Waals surface area contributed by atoms with Gasteiger partial charge in [0, 0.05) is 6.20 Å². The Hall–Kier alpha value is -2.56. The second-order valence-electron chi connectivity index (χ2n) is 5.08. The summed E-state index contributed by atoms with van der Waals surface area (Å²) in [5.74, 6) is 0.146. The predicted octanol–water partition coefficient (Wildman–Crippen LogP) is 1.49. The first-order valence-corrected chi connectivity index (χ1v) is 6.80. The van der Waals surface area contributed by atoms with Crippen molar-refractivity contribution in [3.05, 3.63) is 63.6 Å². The van der Waals surface area contributed by atoms with Crippen molar-refractivity contribution in [3.63, 3.8) is 0 Å². The molecule has 0 aliphatic heterocycles. The molecule has 5 heteroatoms. The third-order valence-electron chi connectivity index (χ3n) is 3.99. The first-order chi connectivity index (χ1) is 10.1. The van der Waals surface area contributed by atoms with Crippen molar-refractivity contribution < 1.29 is 9.53 Å². The molecular formula is C16H16N2O3. The van der Waals surface area contributed by atoms with Crippen LogP contribution in [-0.2, 0) is 6.42 Å². The number of fused-ring (bicyclic) bond motifs is 1. The van der Waals surface area contributed by atoms with Crippen LogP contribution in [0.2, 0.25) is 0 Å². The van der Waals surface area contributed by atoms with E-state index in [2.05, 4.69) is 0 Å². The maximum atomic E-state index is 12.4.